The van der Waals surface area contributed by atoms with Gasteiger partial charge in [-0.25, -0.2) is 4.98 Å². The van der Waals surface area contributed by atoms with Crippen LogP contribution in [0.2, 0.25) is 0 Å². The average molecular weight is 268 g/mol. The lowest BCUT2D eigenvalue weighted by Crippen LogP contribution is -2.21. The van der Waals surface area contributed by atoms with E-state index in [-0.39, 0.29) is 6.04 Å². The maximum atomic E-state index is 11.3. The number of carbonyl (C=O) groups is 1. The summed E-state index contributed by atoms with van der Waals surface area (Å²) in [7, 11) is 0. The molecule has 1 aromatic heterocycles. The molecule has 3 rings (SSSR count). The number of aromatic nitrogens is 1. The van der Waals surface area contributed by atoms with Gasteiger partial charge in [-0.05, 0) is 30.0 Å². The van der Waals surface area contributed by atoms with Crippen LogP contribution in [0.3, 0.4) is 0 Å². The zero-order valence-electron chi connectivity index (χ0n) is 11.0. The summed E-state index contributed by atoms with van der Waals surface area (Å²) in [6.45, 7) is 0. The van der Waals surface area contributed by atoms with Gasteiger partial charge < -0.3 is 16.8 Å². The predicted molar refractivity (Wildman–Crippen MR) is 78.4 cm³/mol. The van der Waals surface area contributed by atoms with Gasteiger partial charge in [-0.2, -0.15) is 0 Å². The molecule has 5 N–H and O–H groups in total. The number of nitrogens with one attached hydrogen (secondary N) is 1. The summed E-state index contributed by atoms with van der Waals surface area (Å²) in [6.07, 6.45) is 3.37. The van der Waals surface area contributed by atoms with E-state index in [9.17, 15) is 4.79 Å². The third-order valence-electron chi connectivity index (χ3n) is 3.60. The second kappa shape index (κ2) is 4.85. The molecule has 0 unspecified atom stereocenters. The Morgan fingerprint density at radius 2 is 1.90 bits per heavy atom. The van der Waals surface area contributed by atoms with Crippen molar-refractivity contribution in [2.24, 2.45) is 5.73 Å². The number of hydrogen-bond donors (Lipinski definition) is 3. The zero-order valence-corrected chi connectivity index (χ0v) is 11.0. The number of nitrogens with two attached hydrogens (primary N) is 2. The van der Waals surface area contributed by atoms with Gasteiger partial charge in [0.25, 0.3) is 5.91 Å². The minimum atomic E-state index is -0.539. The molecule has 0 fully saturated rings. The summed E-state index contributed by atoms with van der Waals surface area (Å²) in [4.78, 5) is 15.5. The van der Waals surface area contributed by atoms with Crippen molar-refractivity contribution in [3.63, 3.8) is 0 Å². The smallest absolute Gasteiger partial charge is 0.250 e. The predicted octanol–water partition coefficient (Wildman–Crippen LogP) is 1.34. The van der Waals surface area contributed by atoms with Crippen molar-refractivity contribution in [1.29, 1.82) is 0 Å². The molecule has 5 nitrogen and oxygen atoms in total. The zero-order chi connectivity index (χ0) is 14.1. The molecule has 1 aliphatic carbocycles. The topological polar surface area (TPSA) is 94.0 Å². The fourth-order valence-corrected chi connectivity index (χ4v) is 2.63. The Bertz CT molecular complexity index is 644. The highest BCUT2D eigenvalue weighted by molar-refractivity contribution is 5.98. The first-order valence-corrected chi connectivity index (χ1v) is 6.52. The van der Waals surface area contributed by atoms with E-state index in [4.69, 9.17) is 11.5 Å². The monoisotopic (exact) mass is 268 g/mol. The molecular formula is C15H16N4O. The van der Waals surface area contributed by atoms with Gasteiger partial charge in [0.05, 0.1) is 17.4 Å². The first-order valence-electron chi connectivity index (χ1n) is 6.52. The van der Waals surface area contributed by atoms with Gasteiger partial charge in [-0.1, -0.05) is 24.3 Å². The van der Waals surface area contributed by atoms with Gasteiger partial charge in [-0.15, -0.1) is 0 Å². The molecule has 0 atom stereocenters. The Morgan fingerprint density at radius 1 is 1.25 bits per heavy atom. The Kier molecular flexibility index (Phi) is 3.02. The van der Waals surface area contributed by atoms with Gasteiger partial charge in [-0.3, -0.25) is 4.79 Å². The molecule has 0 saturated carbocycles. The number of amides is 1. The van der Waals surface area contributed by atoms with Crippen molar-refractivity contribution < 1.29 is 4.79 Å². The third-order valence-corrected chi connectivity index (χ3v) is 3.60. The van der Waals surface area contributed by atoms with E-state index >= 15 is 0 Å². The molecule has 0 spiro atoms. The number of pyridine rings is 1. The maximum absolute atomic E-state index is 11.3. The van der Waals surface area contributed by atoms with Gasteiger partial charge in [0.15, 0.2) is 0 Å². The van der Waals surface area contributed by atoms with Crippen LogP contribution in [0.4, 0.5) is 11.5 Å². The summed E-state index contributed by atoms with van der Waals surface area (Å²) >= 11 is 0. The Hall–Kier alpha value is -2.56. The molecule has 5 heteroatoms. The van der Waals surface area contributed by atoms with E-state index < -0.39 is 5.91 Å². The van der Waals surface area contributed by atoms with E-state index in [0.29, 0.717) is 17.1 Å². The summed E-state index contributed by atoms with van der Waals surface area (Å²) < 4.78 is 0. The van der Waals surface area contributed by atoms with Crippen LogP contribution in [-0.4, -0.2) is 16.9 Å². The number of fused-ring (bicyclic) bond motifs is 1. The molecule has 102 valence electrons. The molecule has 1 aliphatic rings. The maximum Gasteiger partial charge on any atom is 0.250 e. The van der Waals surface area contributed by atoms with Crippen LogP contribution < -0.4 is 16.8 Å². The molecule has 20 heavy (non-hydrogen) atoms. The highest BCUT2D eigenvalue weighted by Crippen LogP contribution is 2.24. The standard InChI is InChI=1S/C15H16N4O/c16-13-8-18-14(7-12(13)15(17)20)19-11-5-9-3-1-2-4-10(9)6-11/h1-4,7-8,11H,5-6,16H2,(H2,17,20)(H,18,19). The highest BCUT2D eigenvalue weighted by atomic mass is 16.1. The molecule has 1 amide bonds. The number of nitrogens with zero attached hydrogens (tertiary/aromatic N) is 1. The van der Waals surface area contributed by atoms with Crippen molar-refractivity contribution in [1.82, 2.24) is 4.98 Å². The summed E-state index contributed by atoms with van der Waals surface area (Å²) in [6, 6.07) is 10.3. The van der Waals surface area contributed by atoms with Crippen LogP contribution in [0.5, 0.6) is 0 Å². The van der Waals surface area contributed by atoms with Crippen molar-refractivity contribution in [2.45, 2.75) is 18.9 Å². The van der Waals surface area contributed by atoms with Crippen LogP contribution in [0, 0.1) is 0 Å². The quantitative estimate of drug-likeness (QED) is 0.783. The Morgan fingerprint density at radius 3 is 2.50 bits per heavy atom. The van der Waals surface area contributed by atoms with Gasteiger partial charge in [0.2, 0.25) is 0 Å². The van der Waals surface area contributed by atoms with Crippen LogP contribution in [-0.2, 0) is 12.8 Å². The molecule has 1 heterocycles. The molecule has 0 bridgehead atoms. The summed E-state index contributed by atoms with van der Waals surface area (Å²) in [5.74, 6) is 0.0912. The lowest BCUT2D eigenvalue weighted by molar-refractivity contribution is 0.100. The molecule has 2 aromatic rings. The number of anilines is 2. The number of benzene rings is 1. The van der Waals surface area contributed by atoms with Crippen LogP contribution in [0.15, 0.2) is 36.5 Å². The van der Waals surface area contributed by atoms with E-state index in [2.05, 4.69) is 22.4 Å². The Labute approximate surface area is 117 Å². The fraction of sp³-hybridized carbons (Fsp3) is 0.200. The largest absolute Gasteiger partial charge is 0.397 e. The van der Waals surface area contributed by atoms with Gasteiger partial charge in [0, 0.05) is 6.04 Å². The SMILES string of the molecule is NC(=O)c1cc(NC2Cc3ccccc3C2)ncc1N. The highest BCUT2D eigenvalue weighted by Gasteiger charge is 2.21. The van der Waals surface area contributed by atoms with E-state index in [1.165, 1.54) is 17.3 Å². The number of rotatable bonds is 3. The number of nitrogen functional groups attached to an aromatic ring is 1. The lowest BCUT2D eigenvalue weighted by atomic mass is 10.1. The molecule has 0 aliphatic heterocycles. The first kappa shape index (κ1) is 12.5. The van der Waals surface area contributed by atoms with Gasteiger partial charge >= 0.3 is 0 Å². The second-order valence-electron chi connectivity index (χ2n) is 5.04. The van der Waals surface area contributed by atoms with E-state index in [0.717, 1.165) is 12.8 Å². The Balaban J connectivity index is 1.77. The van der Waals surface area contributed by atoms with Crippen molar-refractivity contribution >= 4 is 17.4 Å². The number of hydrogen-bond acceptors (Lipinski definition) is 4. The van der Waals surface area contributed by atoms with E-state index in [1.807, 2.05) is 12.1 Å². The van der Waals surface area contributed by atoms with Crippen LogP contribution >= 0.6 is 0 Å². The van der Waals surface area contributed by atoms with Gasteiger partial charge in [0.1, 0.15) is 5.82 Å². The number of primary amides is 1. The normalized spacial score (nSPS) is 14.0. The molecule has 0 saturated heterocycles. The van der Waals surface area contributed by atoms with Crippen LogP contribution in [0.25, 0.3) is 0 Å². The first-order chi connectivity index (χ1) is 9.63. The third kappa shape index (κ3) is 2.30. The van der Waals surface area contributed by atoms with E-state index in [1.54, 1.807) is 6.07 Å². The minimum Gasteiger partial charge on any atom is -0.397 e. The van der Waals surface area contributed by atoms with Crippen molar-refractivity contribution in [3.05, 3.63) is 53.2 Å². The number of carbonyl (C=O) groups excluding carboxylic acids is 1. The van der Waals surface area contributed by atoms with Crippen molar-refractivity contribution in [3.8, 4) is 0 Å². The van der Waals surface area contributed by atoms with Crippen LogP contribution in [0.1, 0.15) is 21.5 Å². The lowest BCUT2D eigenvalue weighted by Gasteiger charge is -2.13. The molecular weight excluding hydrogens is 252 g/mol. The van der Waals surface area contributed by atoms with Crippen molar-refractivity contribution in [2.75, 3.05) is 11.1 Å². The summed E-state index contributed by atoms with van der Waals surface area (Å²) in [5, 5.41) is 3.34. The summed E-state index contributed by atoms with van der Waals surface area (Å²) in [5.41, 5.74) is 14.3. The molecule has 1 aromatic carbocycles. The second-order valence-corrected chi connectivity index (χ2v) is 5.04. The average Bonchev–Trinajstić information content (AvgIpc) is 2.82. The fourth-order valence-electron chi connectivity index (χ4n) is 2.63. The minimum absolute atomic E-state index is 0.282. The molecule has 0 radical (unpaired) electrons.